The first-order chi connectivity index (χ1) is 22.6. The maximum atomic E-state index is 14.8. The summed E-state index contributed by atoms with van der Waals surface area (Å²) in [7, 11) is 0.517. The zero-order valence-corrected chi connectivity index (χ0v) is 29.9. The number of piperazine rings is 1. The summed E-state index contributed by atoms with van der Waals surface area (Å²) in [5.74, 6) is 0.804. The van der Waals surface area contributed by atoms with Crippen molar-refractivity contribution < 1.29 is 22.7 Å². The van der Waals surface area contributed by atoms with Crippen LogP contribution in [0.5, 0.6) is 5.75 Å². The second kappa shape index (κ2) is 14.2. The number of methoxy groups -OCH3 is 1. The third kappa shape index (κ3) is 6.13. The Balaban J connectivity index is 0.00000162. The van der Waals surface area contributed by atoms with Crippen molar-refractivity contribution in [3.63, 3.8) is 0 Å². The molecule has 0 radical (unpaired) electrons. The number of amides is 2. The molecule has 0 unspecified atom stereocenters. The van der Waals surface area contributed by atoms with Gasteiger partial charge in [-0.3, -0.25) is 14.5 Å². The smallest absolute Gasteiger partial charge is 0.303 e. The van der Waals surface area contributed by atoms with Crippen molar-refractivity contribution >= 4 is 46.4 Å². The molecule has 2 aromatic carbocycles. The number of carbonyl (C=O) groups is 2. The lowest BCUT2D eigenvalue weighted by atomic mass is 9.81. The molecule has 2 saturated carbocycles. The molecule has 2 aliphatic carbocycles. The van der Waals surface area contributed by atoms with Crippen molar-refractivity contribution in [2.75, 3.05) is 47.4 Å². The molecule has 8 rings (SSSR count). The van der Waals surface area contributed by atoms with E-state index in [1.54, 1.807) is 13.2 Å². The average molecular weight is 726 g/mol. The van der Waals surface area contributed by atoms with Crippen molar-refractivity contribution in [3.05, 3.63) is 53.1 Å². The van der Waals surface area contributed by atoms with E-state index in [1.165, 1.54) is 50.9 Å². The van der Waals surface area contributed by atoms with Crippen molar-refractivity contribution in [1.29, 1.82) is 0 Å². The monoisotopic (exact) mass is 725 g/mol. The Hall–Kier alpha value is -3.06. The van der Waals surface area contributed by atoms with Crippen LogP contribution >= 0.6 is 13.5 Å². The molecule has 50 heavy (non-hydrogen) atoms. The Morgan fingerprint density at radius 1 is 0.960 bits per heavy atom. The Kier molecular flexibility index (Phi) is 10.8. The summed E-state index contributed by atoms with van der Waals surface area (Å²) in [4.78, 5) is 32.8. The van der Waals surface area contributed by atoms with E-state index in [4.69, 9.17) is 4.74 Å². The third-order valence-electron chi connectivity index (χ3n) is 11.8. The Labute approximate surface area is 305 Å². The molecule has 10 nitrogen and oxygen atoms in total. The maximum Gasteiger partial charge on any atom is 0.303 e. The fraction of sp³-hybridized carbons (Fsp3) is 0.579. The van der Waals surface area contributed by atoms with Gasteiger partial charge < -0.3 is 14.2 Å². The average Bonchev–Trinajstić information content (AvgIpc) is 3.49. The van der Waals surface area contributed by atoms with Gasteiger partial charge in [0.2, 0.25) is 5.91 Å². The van der Waals surface area contributed by atoms with Crippen LogP contribution in [-0.2, 0) is 21.5 Å². The number of nitrogens with one attached hydrogen (secondary N) is 1. The molecule has 4 heterocycles. The number of benzene rings is 2. The topological polar surface area (TPSA) is 104 Å². The summed E-state index contributed by atoms with van der Waals surface area (Å²) >= 11 is 0. The van der Waals surface area contributed by atoms with Gasteiger partial charge in [0.25, 0.3) is 5.91 Å². The van der Waals surface area contributed by atoms with E-state index in [9.17, 15) is 18.0 Å². The van der Waals surface area contributed by atoms with Crippen molar-refractivity contribution in [1.82, 2.24) is 23.4 Å². The van der Waals surface area contributed by atoms with Gasteiger partial charge in [-0.05, 0) is 86.0 Å². The molecule has 5 aliphatic rings. The Bertz CT molecular complexity index is 1890. The summed E-state index contributed by atoms with van der Waals surface area (Å²) in [5, 5.41) is 1.09. The van der Waals surface area contributed by atoms with Crippen LogP contribution in [0.1, 0.15) is 99.5 Å². The number of hydrogen-bond donors (Lipinski definition) is 1. The highest BCUT2D eigenvalue weighted by atomic mass is 32.2. The number of rotatable bonds is 6. The van der Waals surface area contributed by atoms with Crippen LogP contribution in [0.3, 0.4) is 0 Å². The van der Waals surface area contributed by atoms with Gasteiger partial charge in [0.1, 0.15) is 5.75 Å². The summed E-state index contributed by atoms with van der Waals surface area (Å²) in [5.41, 5.74) is 5.33. The summed E-state index contributed by atoms with van der Waals surface area (Å²) in [6, 6.07) is 12.4. The Morgan fingerprint density at radius 3 is 2.44 bits per heavy atom. The minimum Gasteiger partial charge on any atom is -0.497 e. The van der Waals surface area contributed by atoms with Crippen LogP contribution in [0.2, 0.25) is 0 Å². The van der Waals surface area contributed by atoms with Crippen molar-refractivity contribution in [2.24, 2.45) is 5.41 Å². The number of hydrogen-bond acceptors (Lipinski definition) is 6. The lowest BCUT2D eigenvalue weighted by molar-refractivity contribution is -0.140. The number of ether oxygens (including phenoxy) is 1. The number of fused-ring (bicyclic) bond motifs is 8. The van der Waals surface area contributed by atoms with Crippen LogP contribution in [0, 0.1) is 5.41 Å². The van der Waals surface area contributed by atoms with E-state index >= 15 is 0 Å². The molecule has 1 aromatic heterocycles. The van der Waals surface area contributed by atoms with E-state index in [-0.39, 0.29) is 45.7 Å². The number of nitrogens with zero attached hydrogens (tertiary/aromatic N) is 4. The second-order valence-electron chi connectivity index (χ2n) is 14.6. The molecule has 3 atom stereocenters. The van der Waals surface area contributed by atoms with Gasteiger partial charge in [-0.2, -0.15) is 26.2 Å². The summed E-state index contributed by atoms with van der Waals surface area (Å²) in [6.07, 6.45) is 8.89. The predicted molar refractivity (Wildman–Crippen MR) is 205 cm³/mol. The van der Waals surface area contributed by atoms with Gasteiger partial charge in [0.05, 0.1) is 18.2 Å². The van der Waals surface area contributed by atoms with Gasteiger partial charge in [-0.25, -0.2) is 4.72 Å². The fourth-order valence-electron chi connectivity index (χ4n) is 9.18. The number of aromatic nitrogens is 1. The first-order valence-electron chi connectivity index (χ1n) is 17.2. The molecule has 274 valence electrons. The largest absolute Gasteiger partial charge is 0.497 e. The van der Waals surface area contributed by atoms with Gasteiger partial charge >= 0.3 is 10.2 Å². The number of carbonyl (C=O) groups excluding carboxylic acids is 2. The minimum atomic E-state index is -3.96. The molecule has 0 spiro atoms. The third-order valence-corrected chi connectivity index (χ3v) is 13.2. The molecule has 0 bridgehead atoms. The molecular weight excluding hydrogens is 671 g/mol. The second-order valence-corrected chi connectivity index (χ2v) is 16.5. The highest BCUT2D eigenvalue weighted by Gasteiger charge is 2.64. The molecule has 2 saturated heterocycles. The minimum absolute atomic E-state index is 0. The van der Waals surface area contributed by atoms with Gasteiger partial charge in [0, 0.05) is 74.3 Å². The summed E-state index contributed by atoms with van der Waals surface area (Å²) in [6.45, 7) is 4.13. The maximum absolute atomic E-state index is 14.8. The van der Waals surface area contributed by atoms with Gasteiger partial charge in [0.15, 0.2) is 0 Å². The van der Waals surface area contributed by atoms with Crippen LogP contribution in [0.25, 0.3) is 22.2 Å². The van der Waals surface area contributed by atoms with E-state index in [2.05, 4.69) is 31.2 Å². The molecule has 3 aromatic rings. The zero-order chi connectivity index (χ0) is 32.7. The van der Waals surface area contributed by atoms with E-state index in [0.717, 1.165) is 84.1 Å². The van der Waals surface area contributed by atoms with E-state index in [1.807, 2.05) is 18.2 Å². The van der Waals surface area contributed by atoms with Crippen LogP contribution in [0.4, 0.5) is 0 Å². The highest BCUT2D eigenvalue weighted by molar-refractivity contribution is 7.87. The molecule has 12 heteroatoms. The van der Waals surface area contributed by atoms with Crippen LogP contribution < -0.4 is 9.46 Å². The molecule has 4 fully saturated rings. The van der Waals surface area contributed by atoms with E-state index in [0.29, 0.717) is 18.5 Å². The highest BCUT2D eigenvalue weighted by Crippen LogP contribution is 2.66. The lowest BCUT2D eigenvalue weighted by Gasteiger charge is -2.39. The SMILES string of the molecule is C.C.COc1ccc2c(c1)[C@@H]1C[C@]1(C(=O)N1CCN3CCC[C@@H]3C1)Cn1c-2c(C2CCCCC2)c2ccc(C(=O)NS(=O)(=O)N(C)C)cc21.S. The fourth-order valence-corrected chi connectivity index (χ4v) is 9.71. The predicted octanol–water partition coefficient (Wildman–Crippen LogP) is 6.08. The molecule has 1 N–H and O–H groups in total. The lowest BCUT2D eigenvalue weighted by Crippen LogP contribution is -2.54. The van der Waals surface area contributed by atoms with Gasteiger partial charge in [-0.15, -0.1) is 0 Å². The molecule has 3 aliphatic heterocycles. The van der Waals surface area contributed by atoms with E-state index < -0.39 is 21.5 Å². The standard InChI is InChI=1S/C36H45N5O5S.2CH4.H2S/c1-38(2)47(44,45)37-34(42)24-11-13-28-31(18-24)41-22-36(35(43)40-17-16-39-15-7-10-25(39)21-40)20-30(36)29-19-26(46-3)12-14-27(29)33(41)32(28)23-8-5-4-6-9-23;;;/h11-14,18-19,23,25,30H,4-10,15-17,20-22H2,1-3H3,(H,37,42);2*1H4;1H2/t25-,30+,36+;;;/m1.../s1. The van der Waals surface area contributed by atoms with Crippen LogP contribution in [-0.4, -0.2) is 92.3 Å². The molecule has 2 amide bonds. The van der Waals surface area contributed by atoms with Crippen molar-refractivity contribution in [3.8, 4) is 17.0 Å². The van der Waals surface area contributed by atoms with Crippen molar-refractivity contribution in [2.45, 2.75) is 90.6 Å². The quantitative estimate of drug-likeness (QED) is 0.331. The van der Waals surface area contributed by atoms with Crippen LogP contribution in [0.15, 0.2) is 36.4 Å². The Morgan fingerprint density at radius 2 is 1.72 bits per heavy atom. The molecular formula is C38H55N5O5S2. The first-order valence-corrected chi connectivity index (χ1v) is 18.7. The summed E-state index contributed by atoms with van der Waals surface area (Å²) < 4.78 is 36.4. The zero-order valence-electron chi connectivity index (χ0n) is 28.1. The van der Waals surface area contributed by atoms with Gasteiger partial charge in [-0.1, -0.05) is 40.2 Å². The first kappa shape index (κ1) is 38.2. The normalized spacial score (nSPS) is 24.4.